The molecular weight excluding hydrogens is 210 g/mol. The number of hydrogen-bond acceptors (Lipinski definition) is 2. The molecule has 2 nitrogen and oxygen atoms in total. The van der Waals surface area contributed by atoms with Crippen molar-refractivity contribution in [3.05, 3.63) is 28.8 Å². The molecule has 0 aliphatic heterocycles. The van der Waals surface area contributed by atoms with Crippen molar-refractivity contribution in [1.29, 1.82) is 0 Å². The maximum Gasteiger partial charge on any atom is 0.122 e. The van der Waals surface area contributed by atoms with Gasteiger partial charge in [0.15, 0.2) is 0 Å². The quantitative estimate of drug-likeness (QED) is 0.870. The lowest BCUT2D eigenvalue weighted by atomic mass is 9.78. The summed E-state index contributed by atoms with van der Waals surface area (Å²) in [7, 11) is 1.74. The summed E-state index contributed by atoms with van der Waals surface area (Å²) in [6, 6.07) is 4.40. The molecule has 2 heteroatoms. The Labute approximate surface area is 104 Å². The molecule has 0 bridgehead atoms. The lowest BCUT2D eigenvalue weighted by Gasteiger charge is -2.32. The van der Waals surface area contributed by atoms with E-state index in [0.29, 0.717) is 0 Å². The van der Waals surface area contributed by atoms with Crippen LogP contribution in [0, 0.1) is 13.8 Å². The molecule has 1 aromatic rings. The lowest BCUT2D eigenvalue weighted by Crippen LogP contribution is -2.45. The van der Waals surface area contributed by atoms with Crippen LogP contribution in [0.5, 0.6) is 5.75 Å². The van der Waals surface area contributed by atoms with Crippen molar-refractivity contribution < 1.29 is 4.74 Å². The predicted octanol–water partition coefficient (Wildman–Crippen LogP) is 3.08. The molecule has 1 aliphatic rings. The summed E-state index contributed by atoms with van der Waals surface area (Å²) in [5, 5.41) is 0. The fourth-order valence-corrected chi connectivity index (χ4v) is 2.72. The van der Waals surface area contributed by atoms with E-state index in [4.69, 9.17) is 10.5 Å². The first kappa shape index (κ1) is 12.4. The van der Waals surface area contributed by atoms with Gasteiger partial charge in [0.05, 0.1) is 7.11 Å². The molecule has 2 rings (SSSR count). The molecule has 0 amide bonds. The first-order valence-electron chi connectivity index (χ1n) is 6.26. The van der Waals surface area contributed by atoms with Gasteiger partial charge in [0.2, 0.25) is 0 Å². The van der Waals surface area contributed by atoms with Crippen molar-refractivity contribution in [2.75, 3.05) is 7.11 Å². The Kier molecular flexibility index (Phi) is 2.74. The highest BCUT2D eigenvalue weighted by atomic mass is 16.5. The maximum atomic E-state index is 6.36. The van der Waals surface area contributed by atoms with Crippen LogP contribution in [0.4, 0.5) is 0 Å². The van der Waals surface area contributed by atoms with Crippen LogP contribution in [-0.4, -0.2) is 12.6 Å². The van der Waals surface area contributed by atoms with Crippen LogP contribution in [0.3, 0.4) is 0 Å². The van der Waals surface area contributed by atoms with Crippen molar-refractivity contribution in [1.82, 2.24) is 0 Å². The molecule has 0 radical (unpaired) electrons. The highest BCUT2D eigenvalue weighted by molar-refractivity contribution is 5.50. The topological polar surface area (TPSA) is 35.2 Å². The van der Waals surface area contributed by atoms with Gasteiger partial charge in [-0.25, -0.2) is 0 Å². The summed E-state index contributed by atoms with van der Waals surface area (Å²) in [5.74, 6) is 0.990. The molecule has 0 saturated heterocycles. The standard InChI is InChI=1S/C15H23NO/c1-10-8-12(13(17-5)9-11(10)2)15(6-7-15)14(3,4)16/h8-9H,6-7,16H2,1-5H3. The minimum atomic E-state index is -0.192. The van der Waals surface area contributed by atoms with Gasteiger partial charge in [-0.3, -0.25) is 0 Å². The predicted molar refractivity (Wildman–Crippen MR) is 71.6 cm³/mol. The summed E-state index contributed by atoms with van der Waals surface area (Å²) >= 11 is 0. The molecule has 0 atom stereocenters. The zero-order chi connectivity index (χ0) is 12.8. The Morgan fingerprint density at radius 2 is 1.71 bits per heavy atom. The van der Waals surface area contributed by atoms with Crippen LogP contribution in [0.25, 0.3) is 0 Å². The monoisotopic (exact) mass is 233 g/mol. The number of methoxy groups -OCH3 is 1. The lowest BCUT2D eigenvalue weighted by molar-refractivity contribution is 0.359. The number of nitrogens with two attached hydrogens (primary N) is 1. The van der Waals surface area contributed by atoms with E-state index in [0.717, 1.165) is 18.6 Å². The highest BCUT2D eigenvalue weighted by Crippen LogP contribution is 2.57. The molecule has 0 spiro atoms. The smallest absolute Gasteiger partial charge is 0.122 e. The van der Waals surface area contributed by atoms with Crippen LogP contribution in [0.15, 0.2) is 12.1 Å². The third kappa shape index (κ3) is 1.85. The van der Waals surface area contributed by atoms with Crippen LogP contribution in [-0.2, 0) is 5.41 Å². The Bertz CT molecular complexity index is 439. The molecular formula is C15H23NO. The van der Waals surface area contributed by atoms with E-state index < -0.39 is 0 Å². The van der Waals surface area contributed by atoms with E-state index in [-0.39, 0.29) is 11.0 Å². The van der Waals surface area contributed by atoms with Gasteiger partial charge < -0.3 is 10.5 Å². The number of ether oxygens (including phenoxy) is 1. The zero-order valence-corrected chi connectivity index (χ0v) is 11.6. The third-order valence-corrected chi connectivity index (χ3v) is 4.31. The third-order valence-electron chi connectivity index (χ3n) is 4.31. The summed E-state index contributed by atoms with van der Waals surface area (Å²) < 4.78 is 5.55. The molecule has 0 aromatic heterocycles. The first-order chi connectivity index (χ1) is 7.82. The summed E-state index contributed by atoms with van der Waals surface area (Å²) in [6.45, 7) is 8.51. The minimum Gasteiger partial charge on any atom is -0.496 e. The van der Waals surface area contributed by atoms with Gasteiger partial charge >= 0.3 is 0 Å². The number of aryl methyl sites for hydroxylation is 2. The largest absolute Gasteiger partial charge is 0.496 e. The van der Waals surface area contributed by atoms with Gasteiger partial charge in [-0.2, -0.15) is 0 Å². The van der Waals surface area contributed by atoms with Gasteiger partial charge in [-0.15, -0.1) is 0 Å². The fraction of sp³-hybridized carbons (Fsp3) is 0.600. The van der Waals surface area contributed by atoms with E-state index in [9.17, 15) is 0 Å². The van der Waals surface area contributed by atoms with E-state index in [1.165, 1.54) is 16.7 Å². The normalized spacial score (nSPS) is 18.0. The summed E-state index contributed by atoms with van der Waals surface area (Å²) in [6.07, 6.45) is 2.32. The van der Waals surface area contributed by atoms with Crippen molar-refractivity contribution in [2.24, 2.45) is 5.73 Å². The molecule has 0 heterocycles. The molecule has 94 valence electrons. The van der Waals surface area contributed by atoms with Crippen molar-refractivity contribution in [2.45, 2.75) is 51.5 Å². The molecule has 2 N–H and O–H groups in total. The van der Waals surface area contributed by atoms with Crippen LogP contribution >= 0.6 is 0 Å². The minimum absolute atomic E-state index is 0.108. The summed E-state index contributed by atoms with van der Waals surface area (Å²) in [4.78, 5) is 0. The maximum absolute atomic E-state index is 6.36. The number of hydrogen-bond donors (Lipinski definition) is 1. The Hall–Kier alpha value is -1.02. The molecule has 1 aromatic carbocycles. The van der Waals surface area contributed by atoms with Gasteiger partial charge in [-0.05, 0) is 57.7 Å². The molecule has 1 saturated carbocycles. The van der Waals surface area contributed by atoms with Gasteiger partial charge in [0.25, 0.3) is 0 Å². The van der Waals surface area contributed by atoms with E-state index in [2.05, 4.69) is 39.8 Å². The van der Waals surface area contributed by atoms with Gasteiger partial charge in [-0.1, -0.05) is 6.07 Å². The van der Waals surface area contributed by atoms with Gasteiger partial charge in [0.1, 0.15) is 5.75 Å². The first-order valence-corrected chi connectivity index (χ1v) is 6.26. The summed E-state index contributed by atoms with van der Waals surface area (Å²) in [5.41, 5.74) is 10.2. The van der Waals surface area contributed by atoms with Crippen LogP contribution < -0.4 is 10.5 Å². The second-order valence-corrected chi connectivity index (χ2v) is 5.94. The average molecular weight is 233 g/mol. The highest BCUT2D eigenvalue weighted by Gasteiger charge is 2.55. The Balaban J connectivity index is 2.56. The van der Waals surface area contributed by atoms with E-state index >= 15 is 0 Å². The van der Waals surface area contributed by atoms with Crippen molar-refractivity contribution in [3.8, 4) is 5.75 Å². The Morgan fingerprint density at radius 3 is 2.12 bits per heavy atom. The SMILES string of the molecule is COc1cc(C)c(C)cc1C1(C(C)(C)N)CC1. The van der Waals surface area contributed by atoms with Crippen LogP contribution in [0.2, 0.25) is 0 Å². The molecule has 1 aliphatic carbocycles. The Morgan fingerprint density at radius 1 is 1.18 bits per heavy atom. The zero-order valence-electron chi connectivity index (χ0n) is 11.6. The second-order valence-electron chi connectivity index (χ2n) is 5.94. The van der Waals surface area contributed by atoms with E-state index in [1.54, 1.807) is 7.11 Å². The van der Waals surface area contributed by atoms with Crippen LogP contribution in [0.1, 0.15) is 43.4 Å². The number of benzene rings is 1. The van der Waals surface area contributed by atoms with Gasteiger partial charge in [0, 0.05) is 16.5 Å². The molecule has 1 fully saturated rings. The van der Waals surface area contributed by atoms with Crippen molar-refractivity contribution >= 4 is 0 Å². The second kappa shape index (κ2) is 3.74. The molecule has 0 unspecified atom stereocenters. The van der Waals surface area contributed by atoms with E-state index in [1.807, 2.05) is 0 Å². The fourth-order valence-electron chi connectivity index (χ4n) is 2.72. The number of rotatable bonds is 3. The average Bonchev–Trinajstić information content (AvgIpc) is 3.01. The van der Waals surface area contributed by atoms with Crippen molar-refractivity contribution in [3.63, 3.8) is 0 Å². The molecule has 17 heavy (non-hydrogen) atoms.